The largest absolute Gasteiger partial charge is 0.379 e. The average molecular weight is 215 g/mol. The van der Waals surface area contributed by atoms with E-state index >= 15 is 0 Å². The van der Waals surface area contributed by atoms with Gasteiger partial charge in [-0.15, -0.1) is 0 Å². The topological polar surface area (TPSA) is 68.0 Å². The van der Waals surface area contributed by atoms with Crippen LogP contribution in [0.4, 0.5) is 0 Å². The Labute approximate surface area is 88.8 Å². The van der Waals surface area contributed by atoms with Crippen LogP contribution in [0.15, 0.2) is 0 Å². The van der Waals surface area contributed by atoms with Crippen LogP contribution >= 0.6 is 0 Å². The fourth-order valence-electron chi connectivity index (χ4n) is 1.72. The molecule has 6 heteroatoms. The van der Waals surface area contributed by atoms with Crippen molar-refractivity contribution in [3.8, 4) is 0 Å². The van der Waals surface area contributed by atoms with Gasteiger partial charge in [0.15, 0.2) is 0 Å². The predicted molar refractivity (Wildman–Crippen MR) is 52.9 cm³/mol. The molecular formula is C9H17N3O3. The van der Waals surface area contributed by atoms with Gasteiger partial charge in [-0.05, 0) is 0 Å². The molecule has 0 aliphatic carbocycles. The molecule has 2 rings (SSSR count). The van der Waals surface area contributed by atoms with Gasteiger partial charge in [-0.3, -0.25) is 14.5 Å². The minimum Gasteiger partial charge on any atom is -0.379 e. The van der Waals surface area contributed by atoms with Gasteiger partial charge in [0.2, 0.25) is 0 Å². The van der Waals surface area contributed by atoms with E-state index in [4.69, 9.17) is 15.3 Å². The summed E-state index contributed by atoms with van der Waals surface area (Å²) in [6.45, 7) is 5.11. The van der Waals surface area contributed by atoms with Gasteiger partial charge < -0.3 is 10.5 Å². The Hall–Kier alpha value is -0.690. The summed E-state index contributed by atoms with van der Waals surface area (Å²) in [5.41, 5.74) is 5.53. The number of ether oxygens (including phenoxy) is 1. The maximum atomic E-state index is 11.4. The number of nitrogens with two attached hydrogens (primary N) is 1. The number of nitrogens with zero attached hydrogens (tertiary/aromatic N) is 2. The molecule has 86 valence electrons. The van der Waals surface area contributed by atoms with Gasteiger partial charge in [0.1, 0.15) is 6.04 Å². The molecule has 2 aliphatic rings. The van der Waals surface area contributed by atoms with E-state index in [9.17, 15) is 4.79 Å². The van der Waals surface area contributed by atoms with Crippen LogP contribution in [0.2, 0.25) is 0 Å². The van der Waals surface area contributed by atoms with Gasteiger partial charge in [0, 0.05) is 19.6 Å². The smallest absolute Gasteiger partial charge is 0.265 e. The molecule has 2 fully saturated rings. The van der Waals surface area contributed by atoms with Gasteiger partial charge >= 0.3 is 0 Å². The van der Waals surface area contributed by atoms with Crippen LogP contribution in [0.1, 0.15) is 0 Å². The molecule has 2 N–H and O–H groups in total. The lowest BCUT2D eigenvalue weighted by Gasteiger charge is -2.27. The first kappa shape index (κ1) is 10.8. The van der Waals surface area contributed by atoms with Gasteiger partial charge in [-0.1, -0.05) is 0 Å². The highest BCUT2D eigenvalue weighted by atomic mass is 16.7. The first-order chi connectivity index (χ1) is 7.27. The third-order valence-electron chi connectivity index (χ3n) is 2.70. The number of hydroxylamine groups is 2. The van der Waals surface area contributed by atoms with E-state index in [0.29, 0.717) is 13.2 Å². The summed E-state index contributed by atoms with van der Waals surface area (Å²) in [5, 5.41) is 1.38. The highest BCUT2D eigenvalue weighted by molar-refractivity contribution is 5.82. The number of hydrogen-bond donors (Lipinski definition) is 1. The van der Waals surface area contributed by atoms with Crippen molar-refractivity contribution >= 4 is 5.91 Å². The van der Waals surface area contributed by atoms with Crippen molar-refractivity contribution < 1.29 is 14.4 Å². The van der Waals surface area contributed by atoms with Gasteiger partial charge in [0.25, 0.3) is 5.91 Å². The van der Waals surface area contributed by atoms with E-state index in [1.807, 2.05) is 0 Å². The molecule has 1 atom stereocenters. The van der Waals surface area contributed by atoms with E-state index in [-0.39, 0.29) is 5.91 Å². The molecule has 0 unspecified atom stereocenters. The SMILES string of the molecule is N[C@@H]1CON(CCN2CCOCC2)C1=O. The van der Waals surface area contributed by atoms with E-state index in [1.165, 1.54) is 5.06 Å². The molecule has 1 amide bonds. The zero-order chi connectivity index (χ0) is 10.7. The van der Waals surface area contributed by atoms with Crippen molar-refractivity contribution in [1.82, 2.24) is 9.96 Å². The number of carbonyl (C=O) groups excluding carboxylic acids is 1. The van der Waals surface area contributed by atoms with Gasteiger partial charge in [-0.2, -0.15) is 0 Å². The maximum absolute atomic E-state index is 11.4. The molecule has 0 aromatic rings. The summed E-state index contributed by atoms with van der Waals surface area (Å²) in [4.78, 5) is 18.8. The molecule has 2 saturated heterocycles. The lowest BCUT2D eigenvalue weighted by molar-refractivity contribution is -0.163. The summed E-state index contributed by atoms with van der Waals surface area (Å²) >= 11 is 0. The number of amides is 1. The highest BCUT2D eigenvalue weighted by Crippen LogP contribution is 2.06. The Kier molecular flexibility index (Phi) is 3.53. The Morgan fingerprint density at radius 2 is 2.07 bits per heavy atom. The monoisotopic (exact) mass is 215 g/mol. The molecule has 0 radical (unpaired) electrons. The minimum absolute atomic E-state index is 0.108. The zero-order valence-electron chi connectivity index (χ0n) is 8.72. The molecule has 0 spiro atoms. The van der Waals surface area contributed by atoms with Crippen molar-refractivity contribution in [2.75, 3.05) is 46.0 Å². The molecule has 0 aromatic heterocycles. The third-order valence-corrected chi connectivity index (χ3v) is 2.70. The lowest BCUT2D eigenvalue weighted by atomic mass is 10.3. The standard InChI is InChI=1S/C9H17N3O3/c10-8-7-15-12(9(8)13)2-1-11-3-5-14-6-4-11/h8H,1-7,10H2/t8-/m1/s1. The Balaban J connectivity index is 1.71. The highest BCUT2D eigenvalue weighted by Gasteiger charge is 2.30. The summed E-state index contributed by atoms with van der Waals surface area (Å²) < 4.78 is 5.24. The van der Waals surface area contributed by atoms with Crippen molar-refractivity contribution in [2.45, 2.75) is 6.04 Å². The predicted octanol–water partition coefficient (Wildman–Crippen LogP) is -1.58. The summed E-state index contributed by atoms with van der Waals surface area (Å²) in [6.07, 6.45) is 0. The number of hydrogen-bond acceptors (Lipinski definition) is 5. The van der Waals surface area contributed by atoms with Crippen molar-refractivity contribution in [1.29, 1.82) is 0 Å². The second-order valence-corrected chi connectivity index (χ2v) is 3.80. The lowest BCUT2D eigenvalue weighted by Crippen LogP contribution is -2.42. The molecule has 0 bridgehead atoms. The first-order valence-corrected chi connectivity index (χ1v) is 5.27. The van der Waals surface area contributed by atoms with Crippen LogP contribution in [0.3, 0.4) is 0 Å². The second-order valence-electron chi connectivity index (χ2n) is 3.80. The van der Waals surface area contributed by atoms with Crippen molar-refractivity contribution in [3.63, 3.8) is 0 Å². The van der Waals surface area contributed by atoms with Crippen molar-refractivity contribution in [3.05, 3.63) is 0 Å². The van der Waals surface area contributed by atoms with Gasteiger partial charge in [-0.25, -0.2) is 5.06 Å². The third kappa shape index (κ3) is 2.66. The first-order valence-electron chi connectivity index (χ1n) is 5.27. The molecule has 2 aliphatic heterocycles. The molecular weight excluding hydrogens is 198 g/mol. The Bertz CT molecular complexity index is 231. The van der Waals surface area contributed by atoms with Crippen LogP contribution in [0.25, 0.3) is 0 Å². The van der Waals surface area contributed by atoms with Gasteiger partial charge in [0.05, 0.1) is 26.4 Å². The molecule has 2 heterocycles. The number of carbonyl (C=O) groups is 1. The van der Waals surface area contributed by atoms with Crippen molar-refractivity contribution in [2.24, 2.45) is 5.73 Å². The average Bonchev–Trinajstić information content (AvgIpc) is 2.59. The van der Waals surface area contributed by atoms with Crippen LogP contribution in [0, 0.1) is 0 Å². The zero-order valence-corrected chi connectivity index (χ0v) is 8.72. The normalized spacial score (nSPS) is 28.7. The number of morpholine rings is 1. The van der Waals surface area contributed by atoms with Crippen LogP contribution < -0.4 is 5.73 Å². The molecule has 15 heavy (non-hydrogen) atoms. The van der Waals surface area contributed by atoms with Crippen LogP contribution in [-0.4, -0.2) is 67.9 Å². The summed E-state index contributed by atoms with van der Waals surface area (Å²) in [5.74, 6) is -0.108. The molecule has 6 nitrogen and oxygen atoms in total. The molecule has 0 saturated carbocycles. The Morgan fingerprint density at radius 3 is 2.67 bits per heavy atom. The summed E-state index contributed by atoms with van der Waals surface area (Å²) in [6, 6.07) is -0.477. The van der Waals surface area contributed by atoms with E-state index in [0.717, 1.165) is 32.8 Å². The van der Waals surface area contributed by atoms with E-state index in [2.05, 4.69) is 4.90 Å². The van der Waals surface area contributed by atoms with E-state index < -0.39 is 6.04 Å². The Morgan fingerprint density at radius 1 is 1.33 bits per heavy atom. The summed E-state index contributed by atoms with van der Waals surface area (Å²) in [7, 11) is 0. The second kappa shape index (κ2) is 4.89. The fourth-order valence-corrected chi connectivity index (χ4v) is 1.72. The van der Waals surface area contributed by atoms with E-state index in [1.54, 1.807) is 0 Å². The van der Waals surface area contributed by atoms with Crippen LogP contribution in [0.5, 0.6) is 0 Å². The maximum Gasteiger partial charge on any atom is 0.265 e. The van der Waals surface area contributed by atoms with Crippen LogP contribution in [-0.2, 0) is 14.4 Å². The molecule has 0 aromatic carbocycles. The quantitative estimate of drug-likeness (QED) is 0.615. The number of rotatable bonds is 3. The minimum atomic E-state index is -0.477. The fraction of sp³-hybridized carbons (Fsp3) is 0.889.